The lowest BCUT2D eigenvalue weighted by Crippen LogP contribution is -2.44. The average molecular weight is 613 g/mol. The van der Waals surface area contributed by atoms with Crippen LogP contribution < -0.4 is 9.72 Å². The predicted octanol–water partition coefficient (Wildman–Crippen LogP) is 7.37. The third-order valence-corrected chi connectivity index (χ3v) is 11.4. The number of aromatic nitrogens is 1. The van der Waals surface area contributed by atoms with Crippen molar-refractivity contribution in [1.29, 1.82) is 0 Å². The molecule has 3 aromatic rings. The second kappa shape index (κ2) is 12.8. The Morgan fingerprint density at radius 2 is 1.76 bits per heavy atom. The van der Waals surface area contributed by atoms with Gasteiger partial charge in [-0.05, 0) is 79.5 Å². The topological polar surface area (TPSA) is 113 Å². The fourth-order valence-corrected chi connectivity index (χ4v) is 9.01. The van der Waals surface area contributed by atoms with E-state index in [2.05, 4.69) is 29.3 Å². The van der Waals surface area contributed by atoms with E-state index in [1.165, 1.54) is 38.4 Å². The summed E-state index contributed by atoms with van der Waals surface area (Å²) in [7, 11) is 1.48. The highest BCUT2D eigenvalue weighted by molar-refractivity contribution is 5.59. The summed E-state index contributed by atoms with van der Waals surface area (Å²) in [4.78, 5) is 4.18. The van der Waals surface area contributed by atoms with Gasteiger partial charge in [0.05, 0.1) is 25.4 Å². The van der Waals surface area contributed by atoms with Crippen LogP contribution in [-0.4, -0.2) is 39.7 Å². The molecule has 2 aromatic carbocycles. The summed E-state index contributed by atoms with van der Waals surface area (Å²) < 4.78 is 12.4. The van der Waals surface area contributed by atoms with Crippen molar-refractivity contribution in [3.05, 3.63) is 82.7 Å². The van der Waals surface area contributed by atoms with Gasteiger partial charge in [-0.15, -0.1) is 0 Å². The molecule has 7 heteroatoms. The maximum absolute atomic E-state index is 11.4. The molecule has 7 rings (SSSR count). The van der Waals surface area contributed by atoms with Crippen LogP contribution in [0.2, 0.25) is 0 Å². The van der Waals surface area contributed by atoms with Crippen LogP contribution in [0.1, 0.15) is 110 Å². The van der Waals surface area contributed by atoms with Crippen LogP contribution in [-0.2, 0) is 11.2 Å². The largest absolute Gasteiger partial charge is 0.670 e. The van der Waals surface area contributed by atoms with E-state index in [0.717, 1.165) is 60.3 Å². The first-order chi connectivity index (χ1) is 21.9. The van der Waals surface area contributed by atoms with Crippen LogP contribution in [0.4, 0.5) is 0 Å². The molecule has 0 radical (unpaired) electrons. The smallest absolute Gasteiger partial charge is 0.200 e. The van der Waals surface area contributed by atoms with Gasteiger partial charge in [-0.2, -0.15) is 12.4 Å². The summed E-state index contributed by atoms with van der Waals surface area (Å²) in [5.74, 6) is 2.09. The van der Waals surface area contributed by atoms with E-state index >= 15 is 0 Å². The quantitative estimate of drug-likeness (QED) is 0.163. The number of aliphatic hydroxyl groups excluding tert-OH is 1. The molecule has 7 nitrogen and oxygen atoms in total. The van der Waals surface area contributed by atoms with Gasteiger partial charge in [0.25, 0.3) is 0 Å². The molecule has 0 amide bonds. The highest BCUT2D eigenvalue weighted by atomic mass is 16.5. The van der Waals surface area contributed by atoms with Gasteiger partial charge in [0.1, 0.15) is 5.75 Å². The number of methoxy groups -OCH3 is 1. The number of hydrogen-bond donors (Lipinski definition) is 4. The van der Waals surface area contributed by atoms with Crippen LogP contribution in [0.15, 0.2) is 54.9 Å². The molecule has 2 heterocycles. The molecule has 1 aromatic heterocycles. The van der Waals surface area contributed by atoms with Gasteiger partial charge in [-0.25, -0.2) is 0 Å². The van der Waals surface area contributed by atoms with E-state index in [4.69, 9.17) is 9.47 Å². The van der Waals surface area contributed by atoms with Gasteiger partial charge in [0.2, 0.25) is 5.75 Å². The molecule has 1 saturated heterocycles. The van der Waals surface area contributed by atoms with E-state index in [-0.39, 0.29) is 41.1 Å². The number of rotatable bonds is 7. The first-order valence-electron chi connectivity index (χ1n) is 16.9. The molecule has 3 aliphatic carbocycles. The summed E-state index contributed by atoms with van der Waals surface area (Å²) in [6, 6.07) is 9.65. The minimum absolute atomic E-state index is 0.0397. The van der Waals surface area contributed by atoms with Crippen LogP contribution >= 0.6 is 0 Å². The molecule has 4 N–H and O–H groups in total. The molecule has 0 unspecified atom stereocenters. The number of phenols is 3. The van der Waals surface area contributed by atoms with Crippen LogP contribution in [0.25, 0.3) is 0 Å². The van der Waals surface area contributed by atoms with Gasteiger partial charge in [-0.3, -0.25) is 0 Å². The van der Waals surface area contributed by atoms with Gasteiger partial charge in [0.15, 0.2) is 11.5 Å². The van der Waals surface area contributed by atoms with Crippen molar-refractivity contribution in [2.75, 3.05) is 7.11 Å². The number of fused-ring (bicyclic) bond motifs is 1. The minimum atomic E-state index is -0.541. The molecule has 4 aliphatic rings. The zero-order valence-corrected chi connectivity index (χ0v) is 26.1. The lowest BCUT2D eigenvalue weighted by Gasteiger charge is -2.45. The lowest BCUT2D eigenvalue weighted by atomic mass is 9.71. The molecule has 3 fully saturated rings. The first kappa shape index (κ1) is 30.2. The Balaban J connectivity index is 1.12. The number of aromatic hydroxyl groups is 3. The van der Waals surface area contributed by atoms with Crippen molar-refractivity contribution < 1.29 is 29.9 Å². The number of nitrogens with zero attached hydrogens (tertiary/aromatic N) is 1. The summed E-state index contributed by atoms with van der Waals surface area (Å²) in [6.45, 7) is 0. The molecule has 1 aliphatic heterocycles. The van der Waals surface area contributed by atoms with Crippen molar-refractivity contribution in [1.82, 2.24) is 4.98 Å². The molecule has 0 spiro atoms. The molecule has 240 valence electrons. The normalized spacial score (nSPS) is 30.3. The monoisotopic (exact) mass is 612 g/mol. The number of benzene rings is 2. The molecule has 0 bridgehead atoms. The molecule has 45 heavy (non-hydrogen) atoms. The number of allylic oxidation sites excluding steroid dienone is 2. The van der Waals surface area contributed by atoms with Crippen LogP contribution in [0.5, 0.6) is 23.0 Å². The molecular weight excluding hydrogens is 566 g/mol. The average Bonchev–Trinajstić information content (AvgIpc) is 3.78. The van der Waals surface area contributed by atoms with Crippen molar-refractivity contribution in [2.45, 2.75) is 101 Å². The van der Waals surface area contributed by atoms with E-state index in [1.807, 2.05) is 12.1 Å². The van der Waals surface area contributed by atoms with Crippen molar-refractivity contribution in [3.63, 3.8) is 0 Å². The Morgan fingerprint density at radius 1 is 0.911 bits per heavy atom. The lowest BCUT2D eigenvalue weighted by molar-refractivity contribution is -0.154. The van der Waals surface area contributed by atoms with Gasteiger partial charge in [0, 0.05) is 29.4 Å². The first-order valence-corrected chi connectivity index (χ1v) is 16.9. The van der Waals surface area contributed by atoms with Gasteiger partial charge in [-0.1, -0.05) is 61.6 Å². The number of aliphatic hydroxyl groups is 1. The third-order valence-electron chi connectivity index (χ3n) is 11.4. The van der Waals surface area contributed by atoms with Crippen molar-refractivity contribution in [3.8, 4) is 23.0 Å². The number of phenolic OH excluding ortho intramolecular Hbond substituents is 3. The highest BCUT2D eigenvalue weighted by Crippen LogP contribution is 2.51. The van der Waals surface area contributed by atoms with Gasteiger partial charge >= 0.3 is 0 Å². The van der Waals surface area contributed by atoms with Crippen LogP contribution in [0.3, 0.4) is 0 Å². The van der Waals surface area contributed by atoms with E-state index in [9.17, 15) is 20.4 Å². The van der Waals surface area contributed by atoms with Crippen molar-refractivity contribution >= 4 is 0 Å². The van der Waals surface area contributed by atoms with E-state index < -0.39 is 12.2 Å². The number of hydrogen-bond acceptors (Lipinski definition) is 6. The Hall–Kier alpha value is -3.42. The maximum Gasteiger partial charge on any atom is 0.200 e. The van der Waals surface area contributed by atoms with E-state index in [1.54, 1.807) is 18.5 Å². The second-order valence-corrected chi connectivity index (χ2v) is 14.0. The Labute approximate surface area is 265 Å². The fraction of sp³-hybridized carbons (Fsp3) is 0.526. The minimum Gasteiger partial charge on any atom is -0.670 e. The SMILES string of the molecule is COc1c(O)c(O)cc([C@@H]2C[C@H](O)[C@@H]3CC[C@@H](c4ccc(O)c([C@@H]5C=CC[C@@H](C6CCCC6)C5)c4)C[C@@H]3O2)c1Cc1cc[n-]c1. The Kier molecular flexibility index (Phi) is 8.58. The van der Waals surface area contributed by atoms with Crippen molar-refractivity contribution in [2.24, 2.45) is 17.8 Å². The predicted molar refractivity (Wildman–Crippen MR) is 172 cm³/mol. The summed E-state index contributed by atoms with van der Waals surface area (Å²) in [5, 5.41) is 43.6. The standard InChI is InChI=1S/C38H46NO6/c1-44-38-31(15-22-13-14-39-21-22)30(19-34(42)37(38)43)36-20-33(41)28-11-9-26(18-35(28)45-36)25-10-12-32(40)29(17-25)27-8-4-7-24(16-27)23-5-2-3-6-23/h4,8,10,12-14,17,19,21,23-24,26-28,33,35-36,40-43H,2-3,5-7,9,11,15-16,18,20H2,1H3/q-1/t24-,26-,27-,28+,33+,35+,36+/m1/s1. The summed E-state index contributed by atoms with van der Waals surface area (Å²) in [6.07, 6.45) is 18.1. The highest BCUT2D eigenvalue weighted by Gasteiger charge is 2.43. The molecule has 7 atom stereocenters. The zero-order valence-electron chi connectivity index (χ0n) is 26.1. The third kappa shape index (κ3) is 5.97. The fourth-order valence-electron chi connectivity index (χ4n) is 9.01. The molecular formula is C38H46NO6-. The summed E-state index contributed by atoms with van der Waals surface area (Å²) in [5.41, 5.74) is 4.66. The zero-order chi connectivity index (χ0) is 31.1. The second-order valence-electron chi connectivity index (χ2n) is 14.0. The Bertz CT molecular complexity index is 1510. The maximum atomic E-state index is 11.4. The van der Waals surface area contributed by atoms with Gasteiger partial charge < -0.3 is 34.9 Å². The summed E-state index contributed by atoms with van der Waals surface area (Å²) >= 11 is 0. The Morgan fingerprint density at radius 3 is 2.53 bits per heavy atom. The van der Waals surface area contributed by atoms with E-state index in [0.29, 0.717) is 24.5 Å². The van der Waals surface area contributed by atoms with Crippen LogP contribution in [0, 0.1) is 17.8 Å². The number of ether oxygens (including phenoxy) is 2. The molecule has 2 saturated carbocycles.